The molecule has 25 heavy (non-hydrogen) atoms. The summed E-state index contributed by atoms with van der Waals surface area (Å²) in [6.07, 6.45) is 4.87. The Hall–Kier alpha value is -1.64. The van der Waals surface area contributed by atoms with Crippen molar-refractivity contribution in [3.63, 3.8) is 0 Å². The minimum absolute atomic E-state index is 0.542. The van der Waals surface area contributed by atoms with E-state index in [9.17, 15) is 0 Å². The van der Waals surface area contributed by atoms with Crippen LogP contribution in [0.3, 0.4) is 0 Å². The quantitative estimate of drug-likeness (QED) is 0.825. The number of benzene rings is 2. The molecule has 0 bridgehead atoms. The summed E-state index contributed by atoms with van der Waals surface area (Å²) in [6, 6.07) is 16.8. The molecule has 2 aromatic rings. The van der Waals surface area contributed by atoms with Crippen molar-refractivity contribution in [2.24, 2.45) is 0 Å². The predicted molar refractivity (Wildman–Crippen MR) is 105 cm³/mol. The zero-order valence-electron chi connectivity index (χ0n) is 15.8. The van der Waals surface area contributed by atoms with Gasteiger partial charge in [0, 0.05) is 18.5 Å². The van der Waals surface area contributed by atoms with Gasteiger partial charge >= 0.3 is 0 Å². The summed E-state index contributed by atoms with van der Waals surface area (Å²) in [5.41, 5.74) is 7.94. The minimum atomic E-state index is 0.542. The number of nitrogens with zero attached hydrogens (tertiary/aromatic N) is 2. The van der Waals surface area contributed by atoms with Crippen molar-refractivity contribution in [1.82, 2.24) is 9.80 Å². The first-order valence-electron chi connectivity index (χ1n) is 9.69. The molecule has 2 nitrogen and oxygen atoms in total. The van der Waals surface area contributed by atoms with Crippen molar-refractivity contribution >= 4 is 0 Å². The average Bonchev–Trinajstić information content (AvgIpc) is 2.76. The molecule has 2 unspecified atom stereocenters. The Morgan fingerprint density at radius 2 is 1.68 bits per heavy atom. The first-order chi connectivity index (χ1) is 12.1. The summed E-state index contributed by atoms with van der Waals surface area (Å²) in [5, 5.41) is 0. The standard InChI is InChI=1S/C23H30N2/c1-24(2)15-7-12-22-20-11-6-9-18-14-13-17-8-4-5-10-19(17)21(23(18)20)16-25(22)3/h4-6,8-11,21-22H,7,12-16H2,1-3H3. The summed E-state index contributed by atoms with van der Waals surface area (Å²) < 4.78 is 0. The van der Waals surface area contributed by atoms with Gasteiger partial charge in [-0.15, -0.1) is 0 Å². The number of aryl methyl sites for hydroxylation is 2. The summed E-state index contributed by atoms with van der Waals surface area (Å²) in [5.74, 6) is 0.542. The molecular formula is C23H30N2. The molecular weight excluding hydrogens is 304 g/mol. The molecule has 1 aliphatic heterocycles. The van der Waals surface area contributed by atoms with Crippen LogP contribution in [0.1, 0.15) is 52.6 Å². The monoisotopic (exact) mass is 334 g/mol. The number of rotatable bonds is 4. The maximum Gasteiger partial charge on any atom is 0.0348 e. The van der Waals surface area contributed by atoms with Crippen LogP contribution < -0.4 is 0 Å². The van der Waals surface area contributed by atoms with Crippen LogP contribution in [0.25, 0.3) is 0 Å². The zero-order valence-corrected chi connectivity index (χ0v) is 15.8. The van der Waals surface area contributed by atoms with E-state index in [0.29, 0.717) is 12.0 Å². The van der Waals surface area contributed by atoms with E-state index in [1.54, 1.807) is 27.8 Å². The van der Waals surface area contributed by atoms with E-state index in [1.807, 2.05) is 0 Å². The van der Waals surface area contributed by atoms with Crippen LogP contribution in [0.2, 0.25) is 0 Å². The second-order valence-electron chi connectivity index (χ2n) is 8.07. The van der Waals surface area contributed by atoms with Crippen molar-refractivity contribution in [2.75, 3.05) is 34.2 Å². The second-order valence-corrected chi connectivity index (χ2v) is 8.07. The molecule has 1 heterocycles. The Kier molecular flexibility index (Phi) is 4.66. The molecule has 0 saturated heterocycles. The van der Waals surface area contributed by atoms with Gasteiger partial charge in [0.05, 0.1) is 0 Å². The SMILES string of the molecule is CN(C)CCCC1c2cccc3c2C(CN1C)c1ccccc1CC3. The lowest BCUT2D eigenvalue weighted by atomic mass is 9.78. The van der Waals surface area contributed by atoms with Gasteiger partial charge in [-0.1, -0.05) is 42.5 Å². The predicted octanol–water partition coefficient (Wildman–Crippen LogP) is 4.25. The van der Waals surface area contributed by atoms with Crippen molar-refractivity contribution in [2.45, 2.75) is 37.6 Å². The summed E-state index contributed by atoms with van der Waals surface area (Å²) in [4.78, 5) is 4.90. The van der Waals surface area contributed by atoms with Crippen LogP contribution in [-0.4, -0.2) is 44.0 Å². The number of hydrogen-bond donors (Lipinski definition) is 0. The molecule has 0 saturated carbocycles. The van der Waals surface area contributed by atoms with Crippen LogP contribution in [0.5, 0.6) is 0 Å². The van der Waals surface area contributed by atoms with E-state index in [0.717, 1.165) is 6.54 Å². The van der Waals surface area contributed by atoms with Crippen LogP contribution in [0, 0.1) is 0 Å². The topological polar surface area (TPSA) is 6.48 Å². The molecule has 0 N–H and O–H groups in total. The summed E-state index contributed by atoms with van der Waals surface area (Å²) in [6.45, 7) is 2.32. The number of likely N-dealkylation sites (N-methyl/N-ethyl adjacent to an activating group) is 1. The van der Waals surface area contributed by atoms with E-state index < -0.39 is 0 Å². The molecule has 4 rings (SSSR count). The molecule has 1 aliphatic carbocycles. The van der Waals surface area contributed by atoms with Gasteiger partial charge in [-0.2, -0.15) is 0 Å². The molecule has 2 aromatic carbocycles. The number of hydrogen-bond acceptors (Lipinski definition) is 2. The highest BCUT2D eigenvalue weighted by molar-refractivity contribution is 5.51. The highest BCUT2D eigenvalue weighted by atomic mass is 15.1. The molecule has 0 aromatic heterocycles. The van der Waals surface area contributed by atoms with Crippen LogP contribution in [0.4, 0.5) is 0 Å². The number of fused-ring (bicyclic) bond motifs is 2. The third-order valence-corrected chi connectivity index (χ3v) is 6.12. The van der Waals surface area contributed by atoms with Gasteiger partial charge < -0.3 is 4.90 Å². The van der Waals surface area contributed by atoms with Crippen LogP contribution in [0.15, 0.2) is 42.5 Å². The first-order valence-corrected chi connectivity index (χ1v) is 9.69. The molecule has 2 heteroatoms. The molecule has 0 spiro atoms. The maximum absolute atomic E-state index is 2.61. The van der Waals surface area contributed by atoms with E-state index in [-0.39, 0.29) is 0 Å². The fourth-order valence-electron chi connectivity index (χ4n) is 4.91. The second kappa shape index (κ2) is 6.93. The molecule has 0 fully saturated rings. The maximum atomic E-state index is 2.61. The minimum Gasteiger partial charge on any atom is -0.309 e. The lowest BCUT2D eigenvalue weighted by Crippen LogP contribution is -2.36. The highest BCUT2D eigenvalue weighted by Crippen LogP contribution is 2.44. The molecule has 132 valence electrons. The first kappa shape index (κ1) is 16.8. The third-order valence-electron chi connectivity index (χ3n) is 6.12. The van der Waals surface area contributed by atoms with E-state index in [4.69, 9.17) is 0 Å². The van der Waals surface area contributed by atoms with Crippen molar-refractivity contribution in [3.05, 3.63) is 70.3 Å². The van der Waals surface area contributed by atoms with Crippen molar-refractivity contribution in [3.8, 4) is 0 Å². The highest BCUT2D eigenvalue weighted by Gasteiger charge is 2.35. The smallest absolute Gasteiger partial charge is 0.0348 e. The zero-order chi connectivity index (χ0) is 17.4. The third kappa shape index (κ3) is 3.14. The van der Waals surface area contributed by atoms with Gasteiger partial charge in [0.2, 0.25) is 0 Å². The Balaban J connectivity index is 1.74. The van der Waals surface area contributed by atoms with Gasteiger partial charge in [-0.3, -0.25) is 4.90 Å². The van der Waals surface area contributed by atoms with Gasteiger partial charge in [0.25, 0.3) is 0 Å². The Labute approximate surface area is 152 Å². The normalized spacial score (nSPS) is 22.4. The van der Waals surface area contributed by atoms with Crippen molar-refractivity contribution in [1.29, 1.82) is 0 Å². The van der Waals surface area contributed by atoms with Crippen LogP contribution in [-0.2, 0) is 12.8 Å². The van der Waals surface area contributed by atoms with Crippen molar-refractivity contribution < 1.29 is 0 Å². The molecule has 2 aliphatic rings. The van der Waals surface area contributed by atoms with E-state index >= 15 is 0 Å². The van der Waals surface area contributed by atoms with Gasteiger partial charge in [-0.05, 0) is 81.2 Å². The Bertz CT molecular complexity index is 750. The summed E-state index contributed by atoms with van der Waals surface area (Å²) >= 11 is 0. The van der Waals surface area contributed by atoms with E-state index in [1.165, 1.54) is 32.2 Å². The molecule has 0 amide bonds. The lowest BCUT2D eigenvalue weighted by Gasteiger charge is -2.40. The van der Waals surface area contributed by atoms with Crippen LogP contribution >= 0.6 is 0 Å². The average molecular weight is 335 g/mol. The Morgan fingerprint density at radius 3 is 2.52 bits per heavy atom. The van der Waals surface area contributed by atoms with Gasteiger partial charge in [0.15, 0.2) is 0 Å². The Morgan fingerprint density at radius 1 is 0.960 bits per heavy atom. The lowest BCUT2D eigenvalue weighted by molar-refractivity contribution is 0.199. The molecule has 0 radical (unpaired) electrons. The van der Waals surface area contributed by atoms with Gasteiger partial charge in [0.1, 0.15) is 0 Å². The fraction of sp³-hybridized carbons (Fsp3) is 0.478. The molecule has 2 atom stereocenters. The largest absolute Gasteiger partial charge is 0.309 e. The summed E-state index contributed by atoms with van der Waals surface area (Å²) in [7, 11) is 6.67. The fourth-order valence-corrected chi connectivity index (χ4v) is 4.91. The van der Waals surface area contributed by atoms with Gasteiger partial charge in [-0.25, -0.2) is 0 Å². The van der Waals surface area contributed by atoms with E-state index in [2.05, 4.69) is 73.4 Å².